The van der Waals surface area contributed by atoms with E-state index < -0.39 is 0 Å². The van der Waals surface area contributed by atoms with Gasteiger partial charge in [-0.1, -0.05) is 6.07 Å². The lowest BCUT2D eigenvalue weighted by atomic mass is 10.0. The molecule has 0 aromatic carbocycles. The van der Waals surface area contributed by atoms with Crippen molar-refractivity contribution in [3.8, 4) is 0 Å². The molecule has 1 aromatic heterocycles. The zero-order chi connectivity index (χ0) is 13.7. The van der Waals surface area contributed by atoms with Gasteiger partial charge in [-0.3, -0.25) is 14.7 Å². The van der Waals surface area contributed by atoms with E-state index in [-0.39, 0.29) is 11.9 Å². The molecule has 0 spiro atoms. The van der Waals surface area contributed by atoms with Gasteiger partial charge in [-0.05, 0) is 31.9 Å². The number of hydrogen-bond acceptors (Lipinski definition) is 4. The fourth-order valence-electron chi connectivity index (χ4n) is 2.55. The summed E-state index contributed by atoms with van der Waals surface area (Å²) in [4.78, 5) is 17.3. The molecule has 5 nitrogen and oxygen atoms in total. The monoisotopic (exact) mass is 262 g/mol. The van der Waals surface area contributed by atoms with Crippen LogP contribution in [-0.2, 0) is 4.79 Å². The molecular formula is C14H22N4O. The van der Waals surface area contributed by atoms with E-state index in [1.807, 2.05) is 24.4 Å². The number of piperidine rings is 1. The molecule has 1 unspecified atom stereocenters. The zero-order valence-corrected chi connectivity index (χ0v) is 11.4. The largest absolute Gasteiger partial charge is 0.369 e. The first-order valence-corrected chi connectivity index (χ1v) is 6.83. The highest BCUT2D eigenvalue weighted by Crippen LogP contribution is 2.15. The summed E-state index contributed by atoms with van der Waals surface area (Å²) in [6, 6.07) is 6.73. The van der Waals surface area contributed by atoms with Crippen molar-refractivity contribution >= 4 is 5.91 Å². The number of carbonyl (C=O) groups excluding carboxylic acids is 1. The maximum absolute atomic E-state index is 10.9. The van der Waals surface area contributed by atoms with Crippen molar-refractivity contribution in [1.29, 1.82) is 0 Å². The molecule has 1 aromatic rings. The van der Waals surface area contributed by atoms with E-state index in [0.717, 1.165) is 31.6 Å². The van der Waals surface area contributed by atoms with Crippen molar-refractivity contribution in [2.75, 3.05) is 19.6 Å². The Hall–Kier alpha value is -1.46. The molecule has 2 rings (SSSR count). The summed E-state index contributed by atoms with van der Waals surface area (Å²) in [5.41, 5.74) is 6.28. The Balaban J connectivity index is 1.78. The summed E-state index contributed by atoms with van der Waals surface area (Å²) < 4.78 is 0. The maximum Gasteiger partial charge on any atom is 0.231 e. The number of carbonyl (C=O) groups is 1. The third kappa shape index (κ3) is 4.29. The first kappa shape index (κ1) is 14.0. The Morgan fingerprint density at radius 2 is 2.26 bits per heavy atom. The Morgan fingerprint density at radius 1 is 1.53 bits per heavy atom. The third-order valence-electron chi connectivity index (χ3n) is 3.58. The van der Waals surface area contributed by atoms with Crippen LogP contribution in [-0.4, -0.2) is 41.5 Å². The average molecular weight is 262 g/mol. The van der Waals surface area contributed by atoms with Gasteiger partial charge in [0, 0.05) is 31.4 Å². The number of pyridine rings is 1. The second kappa shape index (κ2) is 6.63. The number of nitrogens with one attached hydrogen (secondary N) is 1. The number of rotatable bonds is 5. The molecule has 1 fully saturated rings. The summed E-state index contributed by atoms with van der Waals surface area (Å²) in [5, 5.41) is 3.60. The summed E-state index contributed by atoms with van der Waals surface area (Å²) in [6.07, 6.45) is 3.91. The van der Waals surface area contributed by atoms with Crippen LogP contribution in [0.5, 0.6) is 0 Å². The molecule has 104 valence electrons. The van der Waals surface area contributed by atoms with Crippen LogP contribution in [0, 0.1) is 0 Å². The Morgan fingerprint density at radius 3 is 2.84 bits per heavy atom. The summed E-state index contributed by atoms with van der Waals surface area (Å²) in [6.45, 7) is 4.37. The minimum Gasteiger partial charge on any atom is -0.369 e. The van der Waals surface area contributed by atoms with E-state index in [4.69, 9.17) is 5.73 Å². The van der Waals surface area contributed by atoms with Gasteiger partial charge in [0.1, 0.15) is 0 Å². The second-order valence-corrected chi connectivity index (χ2v) is 5.16. The highest BCUT2D eigenvalue weighted by atomic mass is 16.1. The Kier molecular flexibility index (Phi) is 4.87. The van der Waals surface area contributed by atoms with Gasteiger partial charge in [0.2, 0.25) is 5.91 Å². The van der Waals surface area contributed by atoms with Gasteiger partial charge < -0.3 is 11.1 Å². The normalized spacial score (nSPS) is 19.2. The average Bonchev–Trinajstić information content (AvgIpc) is 2.41. The van der Waals surface area contributed by atoms with Crippen LogP contribution in [0.1, 0.15) is 31.5 Å². The predicted octanol–water partition coefficient (Wildman–Crippen LogP) is 0.682. The van der Waals surface area contributed by atoms with Gasteiger partial charge in [0.05, 0.1) is 12.2 Å². The molecule has 0 aliphatic carbocycles. The lowest BCUT2D eigenvalue weighted by molar-refractivity contribution is -0.119. The highest BCUT2D eigenvalue weighted by Gasteiger charge is 2.21. The molecule has 2 heterocycles. The summed E-state index contributed by atoms with van der Waals surface area (Å²) >= 11 is 0. The zero-order valence-electron chi connectivity index (χ0n) is 11.4. The molecule has 1 aliphatic heterocycles. The van der Waals surface area contributed by atoms with Crippen LogP contribution in [0.3, 0.4) is 0 Å². The van der Waals surface area contributed by atoms with Crippen LogP contribution in [0.25, 0.3) is 0 Å². The lowest BCUT2D eigenvalue weighted by Crippen LogP contribution is -2.45. The number of nitrogens with zero attached hydrogens (tertiary/aromatic N) is 2. The van der Waals surface area contributed by atoms with Gasteiger partial charge in [0.25, 0.3) is 0 Å². The Bertz CT molecular complexity index is 401. The predicted molar refractivity (Wildman–Crippen MR) is 74.4 cm³/mol. The third-order valence-corrected chi connectivity index (χ3v) is 3.58. The van der Waals surface area contributed by atoms with E-state index in [1.165, 1.54) is 0 Å². The minimum atomic E-state index is -0.242. The molecule has 19 heavy (non-hydrogen) atoms. The number of aromatic nitrogens is 1. The fourth-order valence-corrected chi connectivity index (χ4v) is 2.55. The molecule has 1 amide bonds. The van der Waals surface area contributed by atoms with E-state index >= 15 is 0 Å². The van der Waals surface area contributed by atoms with Gasteiger partial charge in [-0.25, -0.2) is 0 Å². The molecule has 3 N–H and O–H groups in total. The standard InChI is InChI=1S/C14H22N4O/c1-11(13-4-2-3-7-16-13)17-12-5-8-18(9-6-12)10-14(15)19/h2-4,7,11-12,17H,5-6,8-10H2,1H3,(H2,15,19). The van der Waals surface area contributed by atoms with Crippen LogP contribution in [0.2, 0.25) is 0 Å². The number of amides is 1. The topological polar surface area (TPSA) is 71.2 Å². The number of primary amides is 1. The molecule has 0 saturated carbocycles. The van der Waals surface area contributed by atoms with E-state index in [1.54, 1.807) is 0 Å². The van der Waals surface area contributed by atoms with Gasteiger partial charge in [-0.2, -0.15) is 0 Å². The molecule has 0 bridgehead atoms. The Labute approximate surface area is 114 Å². The van der Waals surface area contributed by atoms with E-state index in [0.29, 0.717) is 12.6 Å². The highest BCUT2D eigenvalue weighted by molar-refractivity contribution is 5.75. The van der Waals surface area contributed by atoms with Crippen molar-refractivity contribution in [2.45, 2.75) is 31.8 Å². The SMILES string of the molecule is CC(NC1CCN(CC(N)=O)CC1)c1ccccn1. The molecule has 1 atom stereocenters. The quantitative estimate of drug-likeness (QED) is 0.818. The number of hydrogen-bond donors (Lipinski definition) is 2. The van der Waals surface area contributed by atoms with E-state index in [9.17, 15) is 4.79 Å². The van der Waals surface area contributed by atoms with Crippen molar-refractivity contribution in [3.63, 3.8) is 0 Å². The number of likely N-dealkylation sites (tertiary alicyclic amines) is 1. The van der Waals surface area contributed by atoms with Crippen LogP contribution >= 0.6 is 0 Å². The van der Waals surface area contributed by atoms with Gasteiger partial charge in [0.15, 0.2) is 0 Å². The molecular weight excluding hydrogens is 240 g/mol. The number of nitrogens with two attached hydrogens (primary N) is 1. The second-order valence-electron chi connectivity index (χ2n) is 5.16. The van der Waals surface area contributed by atoms with Crippen molar-refractivity contribution in [3.05, 3.63) is 30.1 Å². The van der Waals surface area contributed by atoms with Crippen LogP contribution in [0.15, 0.2) is 24.4 Å². The summed E-state index contributed by atoms with van der Waals surface area (Å²) in [7, 11) is 0. The first-order chi connectivity index (χ1) is 9.15. The van der Waals surface area contributed by atoms with Gasteiger partial charge >= 0.3 is 0 Å². The smallest absolute Gasteiger partial charge is 0.231 e. The van der Waals surface area contributed by atoms with Crippen LogP contribution in [0.4, 0.5) is 0 Å². The molecule has 1 aliphatic rings. The van der Waals surface area contributed by atoms with Crippen LogP contribution < -0.4 is 11.1 Å². The summed E-state index contributed by atoms with van der Waals surface area (Å²) in [5.74, 6) is -0.242. The first-order valence-electron chi connectivity index (χ1n) is 6.83. The van der Waals surface area contributed by atoms with Crippen molar-refractivity contribution in [1.82, 2.24) is 15.2 Å². The maximum atomic E-state index is 10.9. The fraction of sp³-hybridized carbons (Fsp3) is 0.571. The minimum absolute atomic E-state index is 0.242. The van der Waals surface area contributed by atoms with Crippen molar-refractivity contribution < 1.29 is 4.79 Å². The molecule has 5 heteroatoms. The lowest BCUT2D eigenvalue weighted by Gasteiger charge is -2.33. The molecule has 0 radical (unpaired) electrons. The molecule has 1 saturated heterocycles. The van der Waals surface area contributed by atoms with Gasteiger partial charge in [-0.15, -0.1) is 0 Å². The van der Waals surface area contributed by atoms with Crippen molar-refractivity contribution in [2.24, 2.45) is 5.73 Å². The van der Waals surface area contributed by atoms with E-state index in [2.05, 4.69) is 22.1 Å².